The van der Waals surface area contributed by atoms with Crippen molar-refractivity contribution in [3.63, 3.8) is 0 Å². The third kappa shape index (κ3) is 4.47. The summed E-state index contributed by atoms with van der Waals surface area (Å²) in [5.74, 6) is 1.13. The number of rotatable bonds is 6. The molecule has 1 fully saturated rings. The smallest absolute Gasteiger partial charge is 0.223 e. The van der Waals surface area contributed by atoms with Crippen molar-refractivity contribution in [2.24, 2.45) is 17.8 Å². The molecule has 0 aliphatic carbocycles. The molecule has 2 rings (SSSR count). The highest BCUT2D eigenvalue weighted by atomic mass is 35.5. The molecule has 0 bridgehead atoms. The average molecular weight is 325 g/mol. The molecule has 3 nitrogen and oxygen atoms in total. The first kappa shape index (κ1) is 19.0. The molecular formula is C18H29ClN2O. The van der Waals surface area contributed by atoms with Crippen molar-refractivity contribution >= 4 is 18.3 Å². The van der Waals surface area contributed by atoms with E-state index in [2.05, 4.69) is 55.7 Å². The number of carbonyl (C=O) groups is 1. The van der Waals surface area contributed by atoms with E-state index in [1.165, 1.54) is 11.1 Å². The standard InChI is InChI=1S/C18H28N2O.ClH/c1-5-14-6-8-15(9-7-14)17(12(2)3)20-18(21)13(4)16-10-19-11-16;/h6-9,12-13,16-17,19H,5,10-11H2,1-4H3,(H,20,21);1H. The lowest BCUT2D eigenvalue weighted by atomic mass is 9.87. The van der Waals surface area contributed by atoms with Gasteiger partial charge >= 0.3 is 0 Å². The van der Waals surface area contributed by atoms with Gasteiger partial charge < -0.3 is 10.6 Å². The predicted octanol–water partition coefficient (Wildman–Crippen LogP) is 3.34. The summed E-state index contributed by atoms with van der Waals surface area (Å²) in [6.07, 6.45) is 1.05. The number of hydrogen-bond donors (Lipinski definition) is 2. The highest BCUT2D eigenvalue weighted by Gasteiger charge is 2.30. The molecule has 4 heteroatoms. The van der Waals surface area contributed by atoms with Gasteiger partial charge in [0.15, 0.2) is 0 Å². The van der Waals surface area contributed by atoms with Crippen LogP contribution in [-0.2, 0) is 11.2 Å². The molecule has 0 saturated carbocycles. The quantitative estimate of drug-likeness (QED) is 0.842. The molecule has 124 valence electrons. The van der Waals surface area contributed by atoms with Crippen molar-refractivity contribution in [2.45, 2.75) is 40.2 Å². The summed E-state index contributed by atoms with van der Waals surface area (Å²) in [5, 5.41) is 6.49. The van der Waals surface area contributed by atoms with Crippen molar-refractivity contribution < 1.29 is 4.79 Å². The summed E-state index contributed by atoms with van der Waals surface area (Å²) in [5.41, 5.74) is 2.54. The van der Waals surface area contributed by atoms with Gasteiger partial charge in [0.25, 0.3) is 0 Å². The van der Waals surface area contributed by atoms with Crippen LogP contribution in [0.15, 0.2) is 24.3 Å². The van der Waals surface area contributed by atoms with Gasteiger partial charge in [0.05, 0.1) is 6.04 Å². The normalized spacial score (nSPS) is 17.3. The SMILES string of the molecule is CCc1ccc(C(NC(=O)C(C)C2CNC2)C(C)C)cc1.Cl. The molecule has 1 aromatic rings. The van der Waals surface area contributed by atoms with Crippen LogP contribution in [0.3, 0.4) is 0 Å². The lowest BCUT2D eigenvalue weighted by Gasteiger charge is -2.33. The summed E-state index contributed by atoms with van der Waals surface area (Å²) in [7, 11) is 0. The number of benzene rings is 1. The molecule has 1 aliphatic heterocycles. The zero-order valence-electron chi connectivity index (χ0n) is 14.1. The fourth-order valence-corrected chi connectivity index (χ4v) is 2.76. The Hall–Kier alpha value is -1.06. The molecule has 22 heavy (non-hydrogen) atoms. The van der Waals surface area contributed by atoms with Gasteiger partial charge in [-0.05, 0) is 42.5 Å². The molecule has 0 radical (unpaired) electrons. The highest BCUT2D eigenvalue weighted by molar-refractivity contribution is 5.85. The molecule has 0 aromatic heterocycles. The number of nitrogens with one attached hydrogen (secondary N) is 2. The van der Waals surface area contributed by atoms with Crippen molar-refractivity contribution in [1.82, 2.24) is 10.6 Å². The van der Waals surface area contributed by atoms with E-state index in [0.717, 1.165) is 19.5 Å². The van der Waals surface area contributed by atoms with Crippen molar-refractivity contribution in [3.05, 3.63) is 35.4 Å². The highest BCUT2D eigenvalue weighted by Crippen LogP contribution is 2.24. The zero-order chi connectivity index (χ0) is 15.4. The number of hydrogen-bond acceptors (Lipinski definition) is 2. The fraction of sp³-hybridized carbons (Fsp3) is 0.611. The van der Waals surface area contributed by atoms with Crippen LogP contribution in [0.2, 0.25) is 0 Å². The third-order valence-corrected chi connectivity index (χ3v) is 4.65. The zero-order valence-corrected chi connectivity index (χ0v) is 14.9. The summed E-state index contributed by atoms with van der Waals surface area (Å²) in [4.78, 5) is 12.4. The molecule has 2 N–H and O–H groups in total. The maximum atomic E-state index is 12.4. The van der Waals surface area contributed by atoms with E-state index in [4.69, 9.17) is 0 Å². The molecule has 1 aromatic carbocycles. The van der Waals surface area contributed by atoms with E-state index in [9.17, 15) is 4.79 Å². The molecular weight excluding hydrogens is 296 g/mol. The van der Waals surface area contributed by atoms with E-state index < -0.39 is 0 Å². The van der Waals surface area contributed by atoms with Gasteiger partial charge in [-0.3, -0.25) is 4.79 Å². The van der Waals surface area contributed by atoms with Crippen LogP contribution in [0, 0.1) is 17.8 Å². The number of amides is 1. The minimum absolute atomic E-state index is 0. The molecule has 1 aliphatic rings. The van der Waals surface area contributed by atoms with Gasteiger partial charge in [-0.2, -0.15) is 0 Å². The minimum Gasteiger partial charge on any atom is -0.349 e. The van der Waals surface area contributed by atoms with Crippen LogP contribution in [0.4, 0.5) is 0 Å². The van der Waals surface area contributed by atoms with Crippen LogP contribution >= 0.6 is 12.4 Å². The first-order valence-electron chi connectivity index (χ1n) is 8.12. The maximum absolute atomic E-state index is 12.4. The molecule has 2 atom stereocenters. The molecule has 1 amide bonds. The Bertz CT molecular complexity index is 468. The van der Waals surface area contributed by atoms with Crippen molar-refractivity contribution in [1.29, 1.82) is 0 Å². The minimum atomic E-state index is 0. The molecule has 0 spiro atoms. The van der Waals surface area contributed by atoms with Gasteiger partial charge in [0.2, 0.25) is 5.91 Å². The van der Waals surface area contributed by atoms with Gasteiger partial charge in [-0.15, -0.1) is 12.4 Å². The van der Waals surface area contributed by atoms with Crippen LogP contribution < -0.4 is 10.6 Å². The van der Waals surface area contributed by atoms with E-state index in [1.807, 2.05) is 6.92 Å². The van der Waals surface area contributed by atoms with Gasteiger partial charge in [0, 0.05) is 5.92 Å². The summed E-state index contributed by atoms with van der Waals surface area (Å²) in [6, 6.07) is 8.73. The third-order valence-electron chi connectivity index (χ3n) is 4.65. The monoisotopic (exact) mass is 324 g/mol. The molecule has 2 unspecified atom stereocenters. The lowest BCUT2D eigenvalue weighted by molar-refractivity contribution is -0.127. The van der Waals surface area contributed by atoms with E-state index >= 15 is 0 Å². The predicted molar refractivity (Wildman–Crippen MR) is 94.3 cm³/mol. The van der Waals surface area contributed by atoms with Crippen LogP contribution in [0.25, 0.3) is 0 Å². The Kier molecular flexibility index (Phi) is 7.37. The Morgan fingerprint density at radius 1 is 1.23 bits per heavy atom. The second kappa shape index (κ2) is 8.54. The fourth-order valence-electron chi connectivity index (χ4n) is 2.76. The van der Waals surface area contributed by atoms with Crippen molar-refractivity contribution in [2.75, 3.05) is 13.1 Å². The van der Waals surface area contributed by atoms with Crippen LogP contribution in [-0.4, -0.2) is 19.0 Å². The van der Waals surface area contributed by atoms with E-state index in [-0.39, 0.29) is 30.3 Å². The Balaban J connectivity index is 0.00000242. The topological polar surface area (TPSA) is 41.1 Å². The van der Waals surface area contributed by atoms with Crippen LogP contribution in [0.5, 0.6) is 0 Å². The van der Waals surface area contributed by atoms with E-state index in [0.29, 0.717) is 11.8 Å². The first-order chi connectivity index (χ1) is 10.0. The van der Waals surface area contributed by atoms with Crippen molar-refractivity contribution in [3.8, 4) is 0 Å². The largest absolute Gasteiger partial charge is 0.349 e. The van der Waals surface area contributed by atoms with Gasteiger partial charge in [-0.1, -0.05) is 52.0 Å². The average Bonchev–Trinajstić information content (AvgIpc) is 2.42. The Labute approximate surface area is 140 Å². The number of carbonyl (C=O) groups excluding carboxylic acids is 1. The van der Waals surface area contributed by atoms with Crippen LogP contribution in [0.1, 0.15) is 44.9 Å². The summed E-state index contributed by atoms with van der Waals surface area (Å²) >= 11 is 0. The first-order valence-corrected chi connectivity index (χ1v) is 8.12. The molecule has 1 saturated heterocycles. The van der Waals surface area contributed by atoms with Gasteiger partial charge in [0.1, 0.15) is 0 Å². The maximum Gasteiger partial charge on any atom is 0.223 e. The summed E-state index contributed by atoms with van der Waals surface area (Å²) in [6.45, 7) is 10.4. The lowest BCUT2D eigenvalue weighted by Crippen LogP contribution is -2.50. The number of aryl methyl sites for hydroxylation is 1. The van der Waals surface area contributed by atoms with Gasteiger partial charge in [-0.25, -0.2) is 0 Å². The Morgan fingerprint density at radius 2 is 1.82 bits per heavy atom. The second-order valence-electron chi connectivity index (χ2n) is 6.53. The summed E-state index contributed by atoms with van der Waals surface area (Å²) < 4.78 is 0. The number of halogens is 1. The Morgan fingerprint density at radius 3 is 2.23 bits per heavy atom. The van der Waals surface area contributed by atoms with E-state index in [1.54, 1.807) is 0 Å². The second-order valence-corrected chi connectivity index (χ2v) is 6.53. The molecule has 1 heterocycles.